The molecule has 0 saturated carbocycles. The van der Waals surface area contributed by atoms with Crippen LogP contribution in [0.1, 0.15) is 12.5 Å². The minimum Gasteiger partial charge on any atom is -0.464 e. The second-order valence-electron chi connectivity index (χ2n) is 3.11. The summed E-state index contributed by atoms with van der Waals surface area (Å²) in [6.45, 7) is 2.12. The number of carbonyl (C=O) groups is 2. The Bertz CT molecular complexity index is 334. The number of rotatable bonds is 6. The lowest BCUT2D eigenvalue weighted by molar-refractivity contribution is -0.158. The summed E-state index contributed by atoms with van der Waals surface area (Å²) < 4.78 is 9.84. The average molecular weight is 222 g/mol. The van der Waals surface area contributed by atoms with E-state index in [4.69, 9.17) is 4.74 Å². The van der Waals surface area contributed by atoms with Crippen LogP contribution in [0.2, 0.25) is 0 Å². The summed E-state index contributed by atoms with van der Waals surface area (Å²) in [5, 5.41) is 0. The summed E-state index contributed by atoms with van der Waals surface area (Å²) in [5.41, 5.74) is 0.902. The van der Waals surface area contributed by atoms with E-state index in [1.54, 1.807) is 6.92 Å². The standard InChI is InChI=1S/C12H14O4/c1-2-15-12(14)11(8-13)16-9-10-6-4-3-5-7-10/h3-8,11H,2,9H2,1H3. The van der Waals surface area contributed by atoms with Gasteiger partial charge in [-0.15, -0.1) is 0 Å². The first-order valence-corrected chi connectivity index (χ1v) is 5.05. The van der Waals surface area contributed by atoms with Gasteiger partial charge in [-0.05, 0) is 12.5 Å². The molecular weight excluding hydrogens is 208 g/mol. The largest absolute Gasteiger partial charge is 0.464 e. The molecule has 0 aliphatic carbocycles. The second kappa shape index (κ2) is 6.74. The third-order valence-electron chi connectivity index (χ3n) is 1.91. The number of benzene rings is 1. The van der Waals surface area contributed by atoms with Gasteiger partial charge in [0.15, 0.2) is 6.29 Å². The Morgan fingerprint density at radius 2 is 2.06 bits per heavy atom. The molecule has 0 heterocycles. The molecule has 0 N–H and O–H groups in total. The maximum Gasteiger partial charge on any atom is 0.342 e. The highest BCUT2D eigenvalue weighted by molar-refractivity contribution is 5.90. The van der Waals surface area contributed by atoms with Crippen LogP contribution in [0.3, 0.4) is 0 Å². The van der Waals surface area contributed by atoms with Crippen molar-refractivity contribution >= 4 is 12.3 Å². The van der Waals surface area contributed by atoms with Crippen LogP contribution in [-0.2, 0) is 25.7 Å². The molecule has 1 atom stereocenters. The normalized spacial score (nSPS) is 11.8. The minimum absolute atomic E-state index is 0.211. The Kier molecular flexibility index (Phi) is 5.22. The molecule has 86 valence electrons. The molecule has 1 aromatic rings. The van der Waals surface area contributed by atoms with Gasteiger partial charge in [0.2, 0.25) is 6.10 Å². The lowest BCUT2D eigenvalue weighted by Crippen LogP contribution is -2.27. The molecule has 0 fully saturated rings. The highest BCUT2D eigenvalue weighted by Crippen LogP contribution is 2.03. The highest BCUT2D eigenvalue weighted by Gasteiger charge is 2.19. The summed E-state index contributed by atoms with van der Waals surface area (Å²) in [6.07, 6.45) is -0.693. The SMILES string of the molecule is CCOC(=O)C(C=O)OCc1ccccc1. The van der Waals surface area contributed by atoms with Crippen LogP contribution >= 0.6 is 0 Å². The van der Waals surface area contributed by atoms with E-state index in [9.17, 15) is 9.59 Å². The van der Waals surface area contributed by atoms with Crippen molar-refractivity contribution in [3.8, 4) is 0 Å². The Morgan fingerprint density at radius 1 is 1.38 bits per heavy atom. The summed E-state index contributed by atoms with van der Waals surface area (Å²) in [7, 11) is 0. The zero-order chi connectivity index (χ0) is 11.8. The fourth-order valence-electron chi connectivity index (χ4n) is 1.15. The average Bonchev–Trinajstić information content (AvgIpc) is 2.31. The van der Waals surface area contributed by atoms with E-state index in [1.807, 2.05) is 30.3 Å². The van der Waals surface area contributed by atoms with Gasteiger partial charge in [-0.3, -0.25) is 4.79 Å². The van der Waals surface area contributed by atoms with Crippen LogP contribution < -0.4 is 0 Å². The van der Waals surface area contributed by atoms with Crippen LogP contribution in [0.15, 0.2) is 30.3 Å². The first-order chi connectivity index (χ1) is 7.77. The molecule has 4 heteroatoms. The van der Waals surface area contributed by atoms with Gasteiger partial charge in [0, 0.05) is 0 Å². The van der Waals surface area contributed by atoms with E-state index in [2.05, 4.69) is 4.74 Å². The van der Waals surface area contributed by atoms with Gasteiger partial charge < -0.3 is 9.47 Å². The van der Waals surface area contributed by atoms with Crippen molar-refractivity contribution in [3.63, 3.8) is 0 Å². The summed E-state index contributed by atoms with van der Waals surface area (Å²) in [6, 6.07) is 9.31. The predicted octanol–water partition coefficient (Wildman–Crippen LogP) is 1.33. The van der Waals surface area contributed by atoms with Crippen LogP contribution in [0.5, 0.6) is 0 Å². The maximum atomic E-state index is 11.2. The molecule has 0 spiro atoms. The van der Waals surface area contributed by atoms with Crippen molar-refractivity contribution in [2.45, 2.75) is 19.6 Å². The van der Waals surface area contributed by atoms with Crippen molar-refractivity contribution in [2.75, 3.05) is 6.61 Å². The van der Waals surface area contributed by atoms with Crippen molar-refractivity contribution in [2.24, 2.45) is 0 Å². The zero-order valence-electron chi connectivity index (χ0n) is 9.09. The molecule has 1 unspecified atom stereocenters. The molecule has 0 radical (unpaired) electrons. The van der Waals surface area contributed by atoms with Crippen molar-refractivity contribution in [1.82, 2.24) is 0 Å². The summed E-state index contributed by atoms with van der Waals surface area (Å²) in [4.78, 5) is 21.8. The summed E-state index contributed by atoms with van der Waals surface area (Å²) in [5.74, 6) is -0.645. The molecule has 1 rings (SSSR count). The van der Waals surface area contributed by atoms with E-state index in [0.29, 0.717) is 6.29 Å². The van der Waals surface area contributed by atoms with Gasteiger partial charge in [-0.2, -0.15) is 0 Å². The van der Waals surface area contributed by atoms with Crippen LogP contribution in [-0.4, -0.2) is 25.0 Å². The van der Waals surface area contributed by atoms with Gasteiger partial charge in [0.25, 0.3) is 0 Å². The van der Waals surface area contributed by atoms with Crippen molar-refractivity contribution in [1.29, 1.82) is 0 Å². The van der Waals surface area contributed by atoms with Gasteiger partial charge in [-0.25, -0.2) is 4.79 Å². The quantitative estimate of drug-likeness (QED) is 0.414. The Morgan fingerprint density at radius 3 is 2.62 bits per heavy atom. The molecule has 0 aliphatic rings. The maximum absolute atomic E-state index is 11.2. The van der Waals surface area contributed by atoms with Gasteiger partial charge >= 0.3 is 5.97 Å². The van der Waals surface area contributed by atoms with E-state index >= 15 is 0 Å². The third-order valence-corrected chi connectivity index (χ3v) is 1.91. The van der Waals surface area contributed by atoms with Gasteiger partial charge in [-0.1, -0.05) is 30.3 Å². The summed E-state index contributed by atoms with van der Waals surface area (Å²) >= 11 is 0. The van der Waals surface area contributed by atoms with Crippen LogP contribution in [0.25, 0.3) is 0 Å². The molecule has 0 bridgehead atoms. The Hall–Kier alpha value is -1.68. The van der Waals surface area contributed by atoms with E-state index in [0.717, 1.165) is 5.56 Å². The van der Waals surface area contributed by atoms with E-state index in [-0.39, 0.29) is 13.2 Å². The molecule has 0 amide bonds. The first kappa shape index (κ1) is 12.4. The molecule has 16 heavy (non-hydrogen) atoms. The number of esters is 1. The minimum atomic E-state index is -1.14. The molecular formula is C12H14O4. The topological polar surface area (TPSA) is 52.6 Å². The molecule has 0 saturated heterocycles. The van der Waals surface area contributed by atoms with Crippen LogP contribution in [0, 0.1) is 0 Å². The molecule has 0 aromatic heterocycles. The first-order valence-electron chi connectivity index (χ1n) is 5.05. The molecule has 4 nitrogen and oxygen atoms in total. The lowest BCUT2D eigenvalue weighted by atomic mass is 10.2. The fraction of sp³-hybridized carbons (Fsp3) is 0.333. The highest BCUT2D eigenvalue weighted by atomic mass is 16.6. The zero-order valence-corrected chi connectivity index (χ0v) is 9.09. The molecule has 0 aliphatic heterocycles. The smallest absolute Gasteiger partial charge is 0.342 e. The number of hydrogen-bond donors (Lipinski definition) is 0. The number of hydrogen-bond acceptors (Lipinski definition) is 4. The monoisotopic (exact) mass is 222 g/mol. The Balaban J connectivity index is 2.46. The Labute approximate surface area is 94.2 Å². The number of carbonyl (C=O) groups excluding carboxylic acids is 2. The van der Waals surface area contributed by atoms with Crippen LogP contribution in [0.4, 0.5) is 0 Å². The van der Waals surface area contributed by atoms with E-state index < -0.39 is 12.1 Å². The van der Waals surface area contributed by atoms with Crippen molar-refractivity contribution < 1.29 is 19.1 Å². The molecule has 1 aromatic carbocycles. The predicted molar refractivity (Wildman–Crippen MR) is 57.7 cm³/mol. The third kappa shape index (κ3) is 3.82. The second-order valence-corrected chi connectivity index (χ2v) is 3.11. The van der Waals surface area contributed by atoms with Gasteiger partial charge in [0.1, 0.15) is 0 Å². The number of aldehydes is 1. The van der Waals surface area contributed by atoms with E-state index in [1.165, 1.54) is 0 Å². The fourth-order valence-corrected chi connectivity index (χ4v) is 1.15. The number of ether oxygens (including phenoxy) is 2. The lowest BCUT2D eigenvalue weighted by Gasteiger charge is -2.10. The van der Waals surface area contributed by atoms with Gasteiger partial charge in [0.05, 0.1) is 13.2 Å². The van der Waals surface area contributed by atoms with Crippen molar-refractivity contribution in [3.05, 3.63) is 35.9 Å².